The molecule has 0 spiro atoms. The van der Waals surface area contributed by atoms with Crippen molar-refractivity contribution in [1.29, 1.82) is 0 Å². The van der Waals surface area contributed by atoms with Gasteiger partial charge in [0, 0.05) is 36.5 Å². The lowest BCUT2D eigenvalue weighted by atomic mass is 10.0. The lowest BCUT2D eigenvalue weighted by molar-refractivity contribution is -0.147. The number of carbonyl (C=O) groups is 2. The largest absolute Gasteiger partial charge is 0.496 e. The molecule has 0 bridgehead atoms. The smallest absolute Gasteiger partial charge is 0.353 e. The molecule has 4 rings (SSSR count). The molecule has 0 aliphatic carbocycles. The van der Waals surface area contributed by atoms with Gasteiger partial charge in [0.2, 0.25) is 5.91 Å². The van der Waals surface area contributed by atoms with Crippen molar-refractivity contribution >= 4 is 17.5 Å². The summed E-state index contributed by atoms with van der Waals surface area (Å²) in [5.74, 6) is -6.78. The molecular weight excluding hydrogens is 447 g/mol. The van der Waals surface area contributed by atoms with Crippen LogP contribution in [0.15, 0.2) is 55.3 Å². The first-order valence-electron chi connectivity index (χ1n) is 10.7. The van der Waals surface area contributed by atoms with Gasteiger partial charge in [-0.15, -0.1) is 0 Å². The first-order valence-corrected chi connectivity index (χ1v) is 10.7. The molecule has 2 aromatic rings. The van der Waals surface area contributed by atoms with Gasteiger partial charge < -0.3 is 20.3 Å². The normalized spacial score (nSPS) is 17.9. The number of hydrogen-bond acceptors (Lipinski definition) is 4. The fourth-order valence-electron chi connectivity index (χ4n) is 4.35. The molecule has 2 aromatic carbocycles. The third-order valence-corrected chi connectivity index (χ3v) is 6.13. The van der Waals surface area contributed by atoms with Gasteiger partial charge >= 0.3 is 5.92 Å². The van der Waals surface area contributed by atoms with E-state index in [1.165, 1.54) is 7.11 Å². The lowest BCUT2D eigenvalue weighted by Gasteiger charge is -2.34. The van der Waals surface area contributed by atoms with Crippen molar-refractivity contribution in [2.45, 2.75) is 37.9 Å². The number of amides is 2. The molecule has 2 aliphatic heterocycles. The summed E-state index contributed by atoms with van der Waals surface area (Å²) in [7, 11) is 1.17. The Bertz CT molecular complexity index is 1200. The van der Waals surface area contributed by atoms with Crippen LogP contribution in [0.5, 0.6) is 5.75 Å². The number of alkyl halides is 2. The van der Waals surface area contributed by atoms with E-state index in [2.05, 4.69) is 28.7 Å². The Morgan fingerprint density at radius 3 is 2.74 bits per heavy atom. The molecule has 1 atom stereocenters. The van der Waals surface area contributed by atoms with Crippen LogP contribution in [0.2, 0.25) is 0 Å². The van der Waals surface area contributed by atoms with Gasteiger partial charge in [-0.05, 0) is 35.7 Å². The predicted octanol–water partition coefficient (Wildman–Crippen LogP) is 3.82. The summed E-state index contributed by atoms with van der Waals surface area (Å²) in [5.41, 5.74) is 3.03. The molecule has 1 saturated heterocycles. The van der Waals surface area contributed by atoms with Gasteiger partial charge in [0.1, 0.15) is 11.6 Å². The molecule has 178 valence electrons. The molecule has 6 nitrogen and oxygen atoms in total. The van der Waals surface area contributed by atoms with E-state index in [4.69, 9.17) is 4.74 Å². The van der Waals surface area contributed by atoms with E-state index < -0.39 is 23.2 Å². The second-order valence-corrected chi connectivity index (χ2v) is 8.30. The zero-order chi connectivity index (χ0) is 24.6. The van der Waals surface area contributed by atoms with Crippen LogP contribution >= 0.6 is 0 Å². The van der Waals surface area contributed by atoms with Crippen molar-refractivity contribution in [3.8, 4) is 5.75 Å². The van der Waals surface area contributed by atoms with Crippen LogP contribution in [0, 0.1) is 5.82 Å². The van der Waals surface area contributed by atoms with Crippen LogP contribution < -0.4 is 15.4 Å². The second kappa shape index (κ2) is 8.89. The van der Waals surface area contributed by atoms with Crippen molar-refractivity contribution in [2.75, 3.05) is 7.11 Å². The van der Waals surface area contributed by atoms with Crippen molar-refractivity contribution in [1.82, 2.24) is 15.5 Å². The number of methoxy groups -OCH3 is 1. The summed E-state index contributed by atoms with van der Waals surface area (Å²) in [6, 6.07) is 7.93. The van der Waals surface area contributed by atoms with Crippen LogP contribution in [0.4, 0.5) is 13.2 Å². The summed E-state index contributed by atoms with van der Waals surface area (Å²) in [4.78, 5) is 26.0. The quantitative estimate of drug-likeness (QED) is 0.672. The topological polar surface area (TPSA) is 70.7 Å². The zero-order valence-electron chi connectivity index (χ0n) is 18.6. The fourth-order valence-corrected chi connectivity index (χ4v) is 4.35. The van der Waals surface area contributed by atoms with Crippen LogP contribution in [-0.4, -0.2) is 29.9 Å². The summed E-state index contributed by atoms with van der Waals surface area (Å²) < 4.78 is 47.9. The fraction of sp³-hybridized carbons (Fsp3) is 0.280. The molecule has 1 unspecified atom stereocenters. The number of carbonyl (C=O) groups excluding carboxylic acids is 2. The molecule has 2 N–H and O–H groups in total. The summed E-state index contributed by atoms with van der Waals surface area (Å²) in [5, 5.41) is 5.00. The van der Waals surface area contributed by atoms with E-state index >= 15 is 0 Å². The summed E-state index contributed by atoms with van der Waals surface area (Å²) >= 11 is 0. The van der Waals surface area contributed by atoms with Gasteiger partial charge in [0.05, 0.1) is 18.7 Å². The maximum absolute atomic E-state index is 14.8. The van der Waals surface area contributed by atoms with Gasteiger partial charge in [-0.2, -0.15) is 8.78 Å². The number of nitrogens with zero attached hydrogens (tertiary/aromatic N) is 1. The summed E-state index contributed by atoms with van der Waals surface area (Å²) in [6.07, 6.45) is 1.02. The first-order chi connectivity index (χ1) is 16.1. The Kier molecular flexibility index (Phi) is 6.12. The minimum atomic E-state index is -3.99. The highest BCUT2D eigenvalue weighted by molar-refractivity contribution is 5.85. The molecule has 34 heavy (non-hydrogen) atoms. The number of ether oxygens (including phenoxy) is 1. The number of piperidine rings is 1. The number of benzene rings is 2. The van der Waals surface area contributed by atoms with Crippen LogP contribution in [0.1, 0.15) is 35.1 Å². The second-order valence-electron chi connectivity index (χ2n) is 8.30. The highest BCUT2D eigenvalue weighted by Gasteiger charge is 2.43. The van der Waals surface area contributed by atoms with Gasteiger partial charge in [-0.1, -0.05) is 31.4 Å². The van der Waals surface area contributed by atoms with Crippen molar-refractivity contribution in [3.63, 3.8) is 0 Å². The Morgan fingerprint density at radius 1 is 1.26 bits per heavy atom. The van der Waals surface area contributed by atoms with Crippen LogP contribution in [0.3, 0.4) is 0 Å². The molecule has 2 aliphatic rings. The Morgan fingerprint density at radius 2 is 2.03 bits per heavy atom. The zero-order valence-corrected chi connectivity index (χ0v) is 18.6. The number of rotatable bonds is 6. The van der Waals surface area contributed by atoms with Crippen molar-refractivity contribution in [3.05, 3.63) is 83.3 Å². The number of halogens is 3. The van der Waals surface area contributed by atoms with E-state index in [1.807, 2.05) is 12.1 Å². The van der Waals surface area contributed by atoms with Gasteiger partial charge in [0.25, 0.3) is 5.91 Å². The number of fused-ring (bicyclic) bond motifs is 1. The third-order valence-electron chi connectivity index (χ3n) is 6.13. The Hall–Kier alpha value is -3.75. The Balaban J connectivity index is 1.46. The van der Waals surface area contributed by atoms with Gasteiger partial charge in [0.15, 0.2) is 0 Å². The van der Waals surface area contributed by atoms with Crippen LogP contribution in [-0.2, 0) is 28.6 Å². The van der Waals surface area contributed by atoms with Gasteiger partial charge in [-0.25, -0.2) is 4.39 Å². The van der Waals surface area contributed by atoms with Gasteiger partial charge in [-0.3, -0.25) is 9.59 Å². The average Bonchev–Trinajstić information content (AvgIpc) is 3.12. The van der Waals surface area contributed by atoms with E-state index in [1.54, 1.807) is 6.07 Å². The standard InChI is InChI=1S/C25H24F3N3O3/c1-14-21(7-9-23(32)30-14)31-13-17-10-16(4-6-19(17)15(31)2)12-29-24(33)25(27,28)20-11-18(26)5-8-22(20)34-3/h4-6,8,10-11,21H,1-2,7,9,12-13H2,3H3,(H,29,33)(H,30,32). The SMILES string of the molecule is C=C1NC(=O)CCC1N1Cc2cc(CNC(=O)C(F)(F)c3cc(F)ccc3OC)ccc2C1=C. The molecule has 9 heteroatoms. The Labute approximate surface area is 195 Å². The summed E-state index contributed by atoms with van der Waals surface area (Å²) in [6.45, 7) is 8.49. The van der Waals surface area contributed by atoms with E-state index in [-0.39, 0.29) is 24.2 Å². The highest BCUT2D eigenvalue weighted by Crippen LogP contribution is 2.38. The minimum Gasteiger partial charge on any atom is -0.496 e. The number of hydrogen-bond donors (Lipinski definition) is 2. The average molecular weight is 471 g/mol. The lowest BCUT2D eigenvalue weighted by Crippen LogP contribution is -2.43. The van der Waals surface area contributed by atoms with E-state index in [9.17, 15) is 22.8 Å². The molecular formula is C25H24F3N3O3. The monoisotopic (exact) mass is 471 g/mol. The molecule has 2 heterocycles. The molecule has 0 radical (unpaired) electrons. The molecule has 0 aromatic heterocycles. The number of nitrogens with one attached hydrogen (secondary N) is 2. The molecule has 2 amide bonds. The maximum atomic E-state index is 14.8. The highest BCUT2D eigenvalue weighted by atomic mass is 19.3. The first kappa shape index (κ1) is 23.4. The molecule has 0 saturated carbocycles. The third kappa shape index (κ3) is 4.25. The minimum absolute atomic E-state index is 0.0609. The van der Waals surface area contributed by atoms with Crippen molar-refractivity contribution < 1.29 is 27.5 Å². The van der Waals surface area contributed by atoms with E-state index in [0.29, 0.717) is 36.7 Å². The van der Waals surface area contributed by atoms with Crippen LogP contribution in [0.25, 0.3) is 5.70 Å². The maximum Gasteiger partial charge on any atom is 0.353 e. The van der Waals surface area contributed by atoms with E-state index in [0.717, 1.165) is 29.0 Å². The predicted molar refractivity (Wildman–Crippen MR) is 120 cm³/mol. The molecule has 1 fully saturated rings. The van der Waals surface area contributed by atoms with Crippen molar-refractivity contribution in [2.24, 2.45) is 0 Å².